The summed E-state index contributed by atoms with van der Waals surface area (Å²) in [5.41, 5.74) is 7.37. The van der Waals surface area contributed by atoms with Crippen molar-refractivity contribution in [3.63, 3.8) is 0 Å². The van der Waals surface area contributed by atoms with Crippen LogP contribution in [-0.2, 0) is 0 Å². The Bertz CT molecular complexity index is 424. The van der Waals surface area contributed by atoms with E-state index >= 15 is 0 Å². The number of nitrogens with zero attached hydrogens (tertiary/aromatic N) is 3. The fraction of sp³-hybridized carbons (Fsp3) is 0.455. The van der Waals surface area contributed by atoms with Crippen LogP contribution in [0.15, 0.2) is 23.6 Å². The van der Waals surface area contributed by atoms with Crippen LogP contribution in [0.2, 0.25) is 0 Å². The van der Waals surface area contributed by atoms with E-state index in [9.17, 15) is 0 Å². The first-order chi connectivity index (χ1) is 8.24. The summed E-state index contributed by atoms with van der Waals surface area (Å²) in [6.07, 6.45) is 3.43. The van der Waals surface area contributed by atoms with Gasteiger partial charge in [0.2, 0.25) is 0 Å². The lowest BCUT2D eigenvalue weighted by Crippen LogP contribution is -2.41. The summed E-state index contributed by atoms with van der Waals surface area (Å²) in [5.74, 6) is 2.31. The first kappa shape index (κ1) is 12.0. The Hall–Kier alpha value is -1.43. The van der Waals surface area contributed by atoms with Crippen LogP contribution in [-0.4, -0.2) is 40.1 Å². The van der Waals surface area contributed by atoms with Crippen LogP contribution in [0.5, 0.6) is 0 Å². The van der Waals surface area contributed by atoms with E-state index < -0.39 is 0 Å². The summed E-state index contributed by atoms with van der Waals surface area (Å²) in [5, 5.41) is 11.9. The highest BCUT2D eigenvalue weighted by molar-refractivity contribution is 7.99. The molecule has 1 saturated heterocycles. The van der Waals surface area contributed by atoms with Gasteiger partial charge in [0.05, 0.1) is 11.9 Å². The predicted molar refractivity (Wildman–Crippen MR) is 70.9 cm³/mol. The number of nitrogens with two attached hydrogens (primary N) is 1. The molecule has 0 radical (unpaired) electrons. The molecule has 0 aromatic carbocycles. The molecule has 2 rings (SSSR count). The molecule has 92 valence electrons. The predicted octanol–water partition coefficient (Wildman–Crippen LogP) is 1.12. The SMILES string of the molecule is CC1CSCCN1c1cnccc1/C(N)=N/O. The van der Waals surface area contributed by atoms with Crippen molar-refractivity contribution < 1.29 is 5.21 Å². The molecule has 0 aliphatic carbocycles. The molecule has 1 aliphatic rings. The van der Waals surface area contributed by atoms with Gasteiger partial charge >= 0.3 is 0 Å². The Labute approximate surface area is 105 Å². The van der Waals surface area contributed by atoms with E-state index in [-0.39, 0.29) is 5.84 Å². The number of rotatable bonds is 2. The summed E-state index contributed by atoms with van der Waals surface area (Å²) in [6.45, 7) is 3.14. The summed E-state index contributed by atoms with van der Waals surface area (Å²) in [6, 6.07) is 2.21. The van der Waals surface area contributed by atoms with Crippen LogP contribution >= 0.6 is 11.8 Å². The molecule has 1 atom stereocenters. The third kappa shape index (κ3) is 2.46. The highest BCUT2D eigenvalue weighted by Crippen LogP contribution is 2.26. The number of amidine groups is 1. The molecule has 2 heterocycles. The van der Waals surface area contributed by atoms with E-state index in [1.54, 1.807) is 18.5 Å². The molecular weight excluding hydrogens is 236 g/mol. The molecule has 1 unspecified atom stereocenters. The van der Waals surface area contributed by atoms with Gasteiger partial charge in [0.25, 0.3) is 0 Å². The number of aromatic nitrogens is 1. The largest absolute Gasteiger partial charge is 0.409 e. The Balaban J connectivity index is 2.37. The average molecular weight is 252 g/mol. The maximum atomic E-state index is 8.80. The van der Waals surface area contributed by atoms with E-state index in [0.717, 1.165) is 29.3 Å². The molecule has 1 aliphatic heterocycles. The molecule has 0 amide bonds. The zero-order chi connectivity index (χ0) is 12.3. The third-order valence-electron chi connectivity index (χ3n) is 2.86. The number of thioether (sulfide) groups is 1. The summed E-state index contributed by atoms with van der Waals surface area (Å²) < 4.78 is 0. The fourth-order valence-electron chi connectivity index (χ4n) is 1.97. The van der Waals surface area contributed by atoms with Gasteiger partial charge < -0.3 is 15.8 Å². The topological polar surface area (TPSA) is 74.7 Å². The van der Waals surface area contributed by atoms with Gasteiger partial charge in [0, 0.05) is 35.9 Å². The number of anilines is 1. The summed E-state index contributed by atoms with van der Waals surface area (Å²) >= 11 is 1.95. The Kier molecular flexibility index (Phi) is 3.73. The number of oxime groups is 1. The van der Waals surface area contributed by atoms with Crippen molar-refractivity contribution in [3.8, 4) is 0 Å². The minimum atomic E-state index is 0.132. The molecule has 6 heteroatoms. The highest BCUT2D eigenvalue weighted by Gasteiger charge is 2.22. The van der Waals surface area contributed by atoms with Crippen molar-refractivity contribution in [2.75, 3.05) is 23.0 Å². The molecule has 3 N–H and O–H groups in total. The van der Waals surface area contributed by atoms with Gasteiger partial charge in [0.15, 0.2) is 5.84 Å². The van der Waals surface area contributed by atoms with Gasteiger partial charge in [0.1, 0.15) is 0 Å². The normalized spacial score (nSPS) is 21.6. The minimum absolute atomic E-state index is 0.132. The lowest BCUT2D eigenvalue weighted by Gasteiger charge is -2.35. The first-order valence-electron chi connectivity index (χ1n) is 5.50. The van der Waals surface area contributed by atoms with Gasteiger partial charge in [-0.25, -0.2) is 0 Å². The van der Waals surface area contributed by atoms with Crippen molar-refractivity contribution in [3.05, 3.63) is 24.0 Å². The second-order valence-electron chi connectivity index (χ2n) is 4.00. The summed E-state index contributed by atoms with van der Waals surface area (Å²) in [4.78, 5) is 6.39. The monoisotopic (exact) mass is 252 g/mol. The van der Waals surface area contributed by atoms with Crippen LogP contribution < -0.4 is 10.6 Å². The van der Waals surface area contributed by atoms with Gasteiger partial charge in [-0.1, -0.05) is 5.16 Å². The zero-order valence-corrected chi connectivity index (χ0v) is 10.5. The van der Waals surface area contributed by atoms with Gasteiger partial charge in [-0.3, -0.25) is 4.98 Å². The Morgan fingerprint density at radius 3 is 3.24 bits per heavy atom. The Morgan fingerprint density at radius 1 is 1.71 bits per heavy atom. The molecule has 1 aromatic rings. The maximum Gasteiger partial charge on any atom is 0.172 e. The van der Waals surface area contributed by atoms with Crippen molar-refractivity contribution in [2.24, 2.45) is 10.9 Å². The van der Waals surface area contributed by atoms with Gasteiger partial charge in [-0.2, -0.15) is 11.8 Å². The molecular formula is C11H16N4OS. The van der Waals surface area contributed by atoms with Crippen molar-refractivity contribution in [1.29, 1.82) is 0 Å². The van der Waals surface area contributed by atoms with Crippen molar-refractivity contribution in [1.82, 2.24) is 4.98 Å². The van der Waals surface area contributed by atoms with Crippen molar-refractivity contribution in [2.45, 2.75) is 13.0 Å². The number of hydrogen-bond donors (Lipinski definition) is 2. The lowest BCUT2D eigenvalue weighted by atomic mass is 10.1. The average Bonchev–Trinajstić information content (AvgIpc) is 2.38. The van der Waals surface area contributed by atoms with E-state index in [1.807, 2.05) is 11.8 Å². The second kappa shape index (κ2) is 5.27. The maximum absolute atomic E-state index is 8.80. The van der Waals surface area contributed by atoms with E-state index in [0.29, 0.717) is 6.04 Å². The molecule has 0 bridgehead atoms. The van der Waals surface area contributed by atoms with Crippen LogP contribution in [0.4, 0.5) is 5.69 Å². The Morgan fingerprint density at radius 2 is 2.53 bits per heavy atom. The standard InChI is InChI=1S/C11H16N4OS/c1-8-7-17-5-4-15(8)10-6-13-3-2-9(10)11(12)14-16/h2-3,6,8,16H,4-5,7H2,1H3,(H2,12,14). The number of pyridine rings is 1. The third-order valence-corrected chi connectivity index (χ3v) is 4.05. The molecule has 1 aromatic heterocycles. The van der Waals surface area contributed by atoms with Gasteiger partial charge in [-0.15, -0.1) is 0 Å². The number of hydrogen-bond acceptors (Lipinski definition) is 5. The highest BCUT2D eigenvalue weighted by atomic mass is 32.2. The van der Waals surface area contributed by atoms with E-state index in [1.165, 1.54) is 0 Å². The zero-order valence-electron chi connectivity index (χ0n) is 9.71. The van der Waals surface area contributed by atoms with E-state index in [2.05, 4.69) is 22.0 Å². The molecule has 1 fully saturated rings. The fourth-order valence-corrected chi connectivity index (χ4v) is 2.98. The first-order valence-corrected chi connectivity index (χ1v) is 6.66. The quantitative estimate of drug-likeness (QED) is 0.357. The smallest absolute Gasteiger partial charge is 0.172 e. The minimum Gasteiger partial charge on any atom is -0.409 e. The lowest BCUT2D eigenvalue weighted by molar-refractivity contribution is 0.318. The molecule has 0 spiro atoms. The van der Waals surface area contributed by atoms with Gasteiger partial charge in [-0.05, 0) is 13.0 Å². The summed E-state index contributed by atoms with van der Waals surface area (Å²) in [7, 11) is 0. The van der Waals surface area contributed by atoms with Crippen LogP contribution in [0.1, 0.15) is 12.5 Å². The van der Waals surface area contributed by atoms with Crippen LogP contribution in [0.3, 0.4) is 0 Å². The van der Waals surface area contributed by atoms with Crippen LogP contribution in [0.25, 0.3) is 0 Å². The van der Waals surface area contributed by atoms with Crippen LogP contribution in [0, 0.1) is 0 Å². The molecule has 0 saturated carbocycles. The second-order valence-corrected chi connectivity index (χ2v) is 5.15. The molecule has 17 heavy (non-hydrogen) atoms. The van der Waals surface area contributed by atoms with Crippen molar-refractivity contribution >= 4 is 23.3 Å². The van der Waals surface area contributed by atoms with E-state index in [4.69, 9.17) is 10.9 Å². The molecule has 5 nitrogen and oxygen atoms in total.